The lowest BCUT2D eigenvalue weighted by Gasteiger charge is -2.09. The lowest BCUT2D eigenvalue weighted by atomic mass is 10.0. The van der Waals surface area contributed by atoms with Gasteiger partial charge in [0.1, 0.15) is 5.82 Å². The number of H-pyrrole nitrogens is 1. The Labute approximate surface area is 128 Å². The number of hydrogen-bond donors (Lipinski definition) is 2. The summed E-state index contributed by atoms with van der Waals surface area (Å²) < 4.78 is 13.5. The number of aldehydes is 2. The van der Waals surface area contributed by atoms with Crippen LogP contribution < -0.4 is 5.32 Å². The second-order valence-corrected chi connectivity index (χ2v) is 4.98. The van der Waals surface area contributed by atoms with Gasteiger partial charge in [-0.1, -0.05) is 0 Å². The quantitative estimate of drug-likeness (QED) is 0.657. The molecule has 2 N–H and O–H groups in total. The minimum atomic E-state index is -0.422. The van der Waals surface area contributed by atoms with Gasteiger partial charge in [-0.3, -0.25) is 9.59 Å². The van der Waals surface area contributed by atoms with Crippen LogP contribution in [0.5, 0.6) is 0 Å². The van der Waals surface area contributed by atoms with Gasteiger partial charge in [0.15, 0.2) is 12.6 Å². The highest BCUT2D eigenvalue weighted by Gasteiger charge is 2.12. The first kappa shape index (κ1) is 15.7. The second kappa shape index (κ2) is 6.39. The predicted molar refractivity (Wildman–Crippen MR) is 85.5 cm³/mol. The van der Waals surface area contributed by atoms with Crippen LogP contribution in [0.15, 0.2) is 18.2 Å². The third-order valence-corrected chi connectivity index (χ3v) is 3.64. The van der Waals surface area contributed by atoms with Crippen LogP contribution >= 0.6 is 0 Å². The Kier molecular flexibility index (Phi) is 4.56. The van der Waals surface area contributed by atoms with Crippen molar-refractivity contribution in [1.29, 1.82) is 0 Å². The fourth-order valence-electron chi connectivity index (χ4n) is 2.41. The van der Waals surface area contributed by atoms with Crippen molar-refractivity contribution in [3.8, 4) is 0 Å². The average Bonchev–Trinajstić information content (AvgIpc) is 2.78. The SMILES string of the molecule is CNc1ccc(F)cc1/C(C=O)=C/c1[nH]c(C)c(C=O)c1C. The standard InChI is InChI=1S/C17H17FN2O2/c1-10-15(9-22)11(2)20-17(10)6-12(8-21)14-7-13(18)4-5-16(14)19-3/h4-9,19-20H,1-3H3/b12-6+. The molecular weight excluding hydrogens is 283 g/mol. The molecule has 2 rings (SSSR count). The van der Waals surface area contributed by atoms with Gasteiger partial charge in [-0.25, -0.2) is 4.39 Å². The summed E-state index contributed by atoms with van der Waals surface area (Å²) in [6.45, 7) is 3.59. The number of carbonyl (C=O) groups excluding carboxylic acids is 2. The van der Waals surface area contributed by atoms with Gasteiger partial charge in [-0.05, 0) is 43.7 Å². The number of rotatable bonds is 5. The largest absolute Gasteiger partial charge is 0.388 e. The Morgan fingerprint density at radius 2 is 2.00 bits per heavy atom. The molecule has 1 aromatic heterocycles. The van der Waals surface area contributed by atoms with Gasteiger partial charge < -0.3 is 10.3 Å². The van der Waals surface area contributed by atoms with Crippen LogP contribution in [-0.4, -0.2) is 24.6 Å². The maximum atomic E-state index is 13.5. The third kappa shape index (κ3) is 2.83. The van der Waals surface area contributed by atoms with E-state index in [-0.39, 0.29) is 0 Å². The average molecular weight is 300 g/mol. The molecule has 0 atom stereocenters. The minimum Gasteiger partial charge on any atom is -0.388 e. The van der Waals surface area contributed by atoms with Crippen LogP contribution in [0.4, 0.5) is 10.1 Å². The number of allylic oxidation sites excluding steroid dienone is 1. The molecule has 22 heavy (non-hydrogen) atoms. The Balaban J connectivity index is 2.60. The van der Waals surface area contributed by atoms with Crippen LogP contribution in [0.3, 0.4) is 0 Å². The van der Waals surface area contributed by atoms with Crippen LogP contribution in [0.1, 0.15) is 32.9 Å². The number of nitrogens with one attached hydrogen (secondary N) is 2. The van der Waals surface area contributed by atoms with E-state index in [1.807, 2.05) is 0 Å². The zero-order valence-electron chi connectivity index (χ0n) is 12.7. The molecule has 0 bridgehead atoms. The maximum Gasteiger partial charge on any atom is 0.152 e. The lowest BCUT2D eigenvalue weighted by Crippen LogP contribution is -1.97. The number of aryl methyl sites for hydroxylation is 1. The molecule has 4 nitrogen and oxygen atoms in total. The van der Waals surface area contributed by atoms with Gasteiger partial charge in [0.05, 0.1) is 0 Å². The lowest BCUT2D eigenvalue weighted by molar-refractivity contribution is -0.103. The van der Waals surface area contributed by atoms with Gasteiger partial charge >= 0.3 is 0 Å². The van der Waals surface area contributed by atoms with E-state index in [0.717, 1.165) is 17.5 Å². The summed E-state index contributed by atoms with van der Waals surface area (Å²) in [5.74, 6) is -0.422. The number of hydrogen-bond acceptors (Lipinski definition) is 3. The minimum absolute atomic E-state index is 0.325. The molecule has 1 aromatic carbocycles. The smallest absolute Gasteiger partial charge is 0.152 e. The van der Waals surface area contributed by atoms with E-state index < -0.39 is 5.82 Å². The van der Waals surface area contributed by atoms with E-state index in [4.69, 9.17) is 0 Å². The molecule has 1 heterocycles. The summed E-state index contributed by atoms with van der Waals surface area (Å²) in [5, 5.41) is 2.93. The van der Waals surface area contributed by atoms with Gasteiger partial charge in [0, 0.05) is 40.8 Å². The molecule has 0 fully saturated rings. The van der Waals surface area contributed by atoms with Crippen LogP contribution in [0, 0.1) is 19.7 Å². The van der Waals surface area contributed by atoms with Crippen molar-refractivity contribution in [2.75, 3.05) is 12.4 Å². The first-order chi connectivity index (χ1) is 10.5. The summed E-state index contributed by atoms with van der Waals surface area (Å²) >= 11 is 0. The first-order valence-electron chi connectivity index (χ1n) is 6.80. The highest BCUT2D eigenvalue weighted by atomic mass is 19.1. The molecule has 0 saturated carbocycles. The van der Waals surface area contributed by atoms with Crippen molar-refractivity contribution in [2.45, 2.75) is 13.8 Å². The topological polar surface area (TPSA) is 62.0 Å². The van der Waals surface area contributed by atoms with Crippen molar-refractivity contribution in [3.05, 3.63) is 52.1 Å². The monoisotopic (exact) mass is 300 g/mol. The van der Waals surface area contributed by atoms with Crippen molar-refractivity contribution in [1.82, 2.24) is 4.98 Å². The van der Waals surface area contributed by atoms with Crippen LogP contribution in [0.25, 0.3) is 11.6 Å². The molecule has 0 unspecified atom stereocenters. The van der Waals surface area contributed by atoms with Crippen molar-refractivity contribution < 1.29 is 14.0 Å². The number of anilines is 1. The molecule has 2 aromatic rings. The fourth-order valence-corrected chi connectivity index (χ4v) is 2.41. The van der Waals surface area contributed by atoms with E-state index in [0.29, 0.717) is 34.4 Å². The van der Waals surface area contributed by atoms with E-state index in [9.17, 15) is 14.0 Å². The predicted octanol–water partition coefficient (Wildman–Crippen LogP) is 3.36. The summed E-state index contributed by atoms with van der Waals surface area (Å²) in [6, 6.07) is 4.20. The summed E-state index contributed by atoms with van der Waals surface area (Å²) in [5.41, 5.74) is 4.17. The fraction of sp³-hybridized carbons (Fsp3) is 0.176. The van der Waals surface area contributed by atoms with Crippen molar-refractivity contribution >= 4 is 29.9 Å². The normalized spacial score (nSPS) is 11.4. The molecule has 0 amide bonds. The van der Waals surface area contributed by atoms with Crippen molar-refractivity contribution in [2.24, 2.45) is 0 Å². The molecule has 5 heteroatoms. The number of aromatic nitrogens is 1. The Hall–Kier alpha value is -2.69. The number of aromatic amines is 1. The molecule has 0 aliphatic heterocycles. The highest BCUT2D eigenvalue weighted by Crippen LogP contribution is 2.27. The zero-order valence-corrected chi connectivity index (χ0v) is 12.7. The molecule has 0 aliphatic rings. The third-order valence-electron chi connectivity index (χ3n) is 3.64. The van der Waals surface area contributed by atoms with E-state index in [2.05, 4.69) is 10.3 Å². The van der Waals surface area contributed by atoms with Gasteiger partial charge in [-0.15, -0.1) is 0 Å². The highest BCUT2D eigenvalue weighted by molar-refractivity contribution is 6.15. The Morgan fingerprint density at radius 3 is 2.55 bits per heavy atom. The van der Waals surface area contributed by atoms with Gasteiger partial charge in [-0.2, -0.15) is 0 Å². The molecule has 0 radical (unpaired) electrons. The zero-order chi connectivity index (χ0) is 16.3. The molecule has 0 aliphatic carbocycles. The molecule has 0 spiro atoms. The molecule has 114 valence electrons. The number of carbonyl (C=O) groups is 2. The Bertz CT molecular complexity index is 760. The summed E-state index contributed by atoms with van der Waals surface area (Å²) in [7, 11) is 1.70. The maximum absolute atomic E-state index is 13.5. The van der Waals surface area contributed by atoms with Crippen LogP contribution in [0.2, 0.25) is 0 Å². The van der Waals surface area contributed by atoms with E-state index in [1.54, 1.807) is 33.0 Å². The van der Waals surface area contributed by atoms with Crippen LogP contribution in [-0.2, 0) is 4.79 Å². The molecular formula is C17H17FN2O2. The molecule has 0 saturated heterocycles. The number of halogens is 1. The summed E-state index contributed by atoms with van der Waals surface area (Å²) in [6.07, 6.45) is 3.07. The van der Waals surface area contributed by atoms with Gasteiger partial charge in [0.2, 0.25) is 0 Å². The first-order valence-corrected chi connectivity index (χ1v) is 6.80. The Morgan fingerprint density at radius 1 is 1.27 bits per heavy atom. The summed E-state index contributed by atoms with van der Waals surface area (Å²) in [4.78, 5) is 25.6. The van der Waals surface area contributed by atoms with E-state index in [1.165, 1.54) is 12.1 Å². The van der Waals surface area contributed by atoms with E-state index >= 15 is 0 Å². The van der Waals surface area contributed by atoms with Crippen molar-refractivity contribution in [3.63, 3.8) is 0 Å². The second-order valence-electron chi connectivity index (χ2n) is 4.98. The number of benzene rings is 1. The van der Waals surface area contributed by atoms with Gasteiger partial charge in [0.25, 0.3) is 0 Å².